The number of nitrogens with two attached hydrogens (primary N) is 1. The van der Waals surface area contributed by atoms with Gasteiger partial charge in [-0.25, -0.2) is 0 Å². The van der Waals surface area contributed by atoms with E-state index in [9.17, 15) is 0 Å². The first-order chi connectivity index (χ1) is 8.75. The Kier molecular flexibility index (Phi) is 5.93. The summed E-state index contributed by atoms with van der Waals surface area (Å²) in [6.07, 6.45) is 9.36. The first-order valence-electron chi connectivity index (χ1n) is 7.77. The molecule has 2 saturated carbocycles. The number of hydrogen-bond acceptors (Lipinski definition) is 3. The molecule has 106 valence electrons. The fourth-order valence-electron chi connectivity index (χ4n) is 2.89. The Morgan fingerprint density at radius 2 is 1.89 bits per heavy atom. The van der Waals surface area contributed by atoms with Crippen molar-refractivity contribution in [2.45, 2.75) is 51.0 Å². The minimum atomic E-state index is 0.419. The highest BCUT2D eigenvalue weighted by molar-refractivity contribution is 4.78. The molecule has 3 nitrogen and oxygen atoms in total. The molecule has 0 saturated heterocycles. The van der Waals surface area contributed by atoms with E-state index in [0.29, 0.717) is 12.0 Å². The van der Waals surface area contributed by atoms with Crippen molar-refractivity contribution in [3.63, 3.8) is 0 Å². The maximum Gasteiger partial charge on any atom is 0.0593 e. The zero-order chi connectivity index (χ0) is 12.8. The van der Waals surface area contributed by atoms with Crippen LogP contribution < -0.4 is 5.73 Å². The standard InChI is InChI=1S/C15H30N2O/c1-17(9-10-18-12-13-7-8-13)11-14-5-3-2-4-6-15(14)16/h13-15H,2-12,16H2,1H3. The van der Waals surface area contributed by atoms with Gasteiger partial charge >= 0.3 is 0 Å². The van der Waals surface area contributed by atoms with Crippen LogP contribution in [0.25, 0.3) is 0 Å². The van der Waals surface area contributed by atoms with E-state index >= 15 is 0 Å². The van der Waals surface area contributed by atoms with Crippen LogP contribution in [0.1, 0.15) is 44.9 Å². The van der Waals surface area contributed by atoms with Gasteiger partial charge < -0.3 is 15.4 Å². The molecule has 0 aromatic heterocycles. The Hall–Kier alpha value is -0.120. The van der Waals surface area contributed by atoms with Gasteiger partial charge in [0, 0.05) is 25.7 Å². The van der Waals surface area contributed by atoms with Crippen LogP contribution in [0.3, 0.4) is 0 Å². The summed E-state index contributed by atoms with van der Waals surface area (Å²) in [6.45, 7) is 4.07. The summed E-state index contributed by atoms with van der Waals surface area (Å²) in [6, 6.07) is 0.419. The first kappa shape index (κ1) is 14.3. The Balaban J connectivity index is 1.57. The molecule has 2 N–H and O–H groups in total. The van der Waals surface area contributed by atoms with Crippen molar-refractivity contribution in [3.05, 3.63) is 0 Å². The molecule has 2 aliphatic rings. The predicted octanol–water partition coefficient (Wildman–Crippen LogP) is 2.25. The molecule has 2 aliphatic carbocycles. The van der Waals surface area contributed by atoms with Gasteiger partial charge in [-0.05, 0) is 44.6 Å². The summed E-state index contributed by atoms with van der Waals surface area (Å²) >= 11 is 0. The highest BCUT2D eigenvalue weighted by Gasteiger charge is 2.22. The van der Waals surface area contributed by atoms with Gasteiger partial charge in [-0.2, -0.15) is 0 Å². The Morgan fingerprint density at radius 3 is 2.67 bits per heavy atom. The summed E-state index contributed by atoms with van der Waals surface area (Å²) in [5.41, 5.74) is 6.27. The topological polar surface area (TPSA) is 38.5 Å². The summed E-state index contributed by atoms with van der Waals surface area (Å²) in [7, 11) is 2.21. The minimum absolute atomic E-state index is 0.419. The van der Waals surface area contributed by atoms with Crippen LogP contribution in [-0.2, 0) is 4.74 Å². The van der Waals surface area contributed by atoms with Gasteiger partial charge in [0.1, 0.15) is 0 Å². The van der Waals surface area contributed by atoms with Crippen molar-refractivity contribution in [3.8, 4) is 0 Å². The van der Waals surface area contributed by atoms with Gasteiger partial charge in [0.2, 0.25) is 0 Å². The van der Waals surface area contributed by atoms with Crippen molar-refractivity contribution in [1.82, 2.24) is 4.90 Å². The third kappa shape index (κ3) is 5.25. The van der Waals surface area contributed by atoms with E-state index < -0.39 is 0 Å². The molecule has 0 radical (unpaired) electrons. The van der Waals surface area contributed by atoms with Crippen LogP contribution >= 0.6 is 0 Å². The third-order valence-corrected chi connectivity index (χ3v) is 4.43. The summed E-state index contributed by atoms with van der Waals surface area (Å²) in [5, 5.41) is 0. The summed E-state index contributed by atoms with van der Waals surface area (Å²) < 4.78 is 5.70. The molecular formula is C15H30N2O. The zero-order valence-electron chi connectivity index (χ0n) is 11.9. The van der Waals surface area contributed by atoms with E-state index in [4.69, 9.17) is 10.5 Å². The third-order valence-electron chi connectivity index (χ3n) is 4.43. The average Bonchev–Trinajstić information content (AvgIpc) is 3.16. The quantitative estimate of drug-likeness (QED) is 0.559. The normalized spacial score (nSPS) is 29.5. The lowest BCUT2D eigenvalue weighted by Gasteiger charge is -2.27. The van der Waals surface area contributed by atoms with Gasteiger partial charge in [0.25, 0.3) is 0 Å². The van der Waals surface area contributed by atoms with Crippen LogP contribution in [-0.4, -0.2) is 44.3 Å². The molecule has 0 aliphatic heterocycles. The van der Waals surface area contributed by atoms with Crippen LogP contribution in [0.2, 0.25) is 0 Å². The van der Waals surface area contributed by atoms with Crippen molar-refractivity contribution >= 4 is 0 Å². The van der Waals surface area contributed by atoms with Gasteiger partial charge in [-0.15, -0.1) is 0 Å². The highest BCUT2D eigenvalue weighted by atomic mass is 16.5. The predicted molar refractivity (Wildman–Crippen MR) is 75.6 cm³/mol. The number of rotatable bonds is 7. The van der Waals surface area contributed by atoms with E-state index in [1.165, 1.54) is 44.9 Å². The molecule has 0 heterocycles. The molecule has 2 rings (SSSR count). The number of ether oxygens (including phenoxy) is 1. The minimum Gasteiger partial charge on any atom is -0.380 e. The maximum absolute atomic E-state index is 6.27. The fourth-order valence-corrected chi connectivity index (χ4v) is 2.89. The molecule has 18 heavy (non-hydrogen) atoms. The average molecular weight is 254 g/mol. The highest BCUT2D eigenvalue weighted by Crippen LogP contribution is 2.28. The van der Waals surface area contributed by atoms with E-state index in [2.05, 4.69) is 11.9 Å². The maximum atomic E-state index is 6.27. The molecule has 2 atom stereocenters. The monoisotopic (exact) mass is 254 g/mol. The molecule has 2 unspecified atom stereocenters. The van der Waals surface area contributed by atoms with E-state index in [0.717, 1.165) is 32.2 Å². The molecule has 0 aromatic carbocycles. The van der Waals surface area contributed by atoms with Gasteiger partial charge in [-0.3, -0.25) is 0 Å². The Labute approximate surface area is 112 Å². The number of likely N-dealkylation sites (N-methyl/N-ethyl adjacent to an activating group) is 1. The van der Waals surface area contributed by atoms with Gasteiger partial charge in [-0.1, -0.05) is 19.3 Å². The molecule has 0 amide bonds. The van der Waals surface area contributed by atoms with Crippen LogP contribution in [0.15, 0.2) is 0 Å². The van der Waals surface area contributed by atoms with Crippen molar-refractivity contribution < 1.29 is 4.74 Å². The lowest BCUT2D eigenvalue weighted by Crippen LogP contribution is -2.38. The fraction of sp³-hybridized carbons (Fsp3) is 1.00. The largest absolute Gasteiger partial charge is 0.380 e. The second kappa shape index (κ2) is 7.46. The van der Waals surface area contributed by atoms with E-state index in [1.54, 1.807) is 0 Å². The van der Waals surface area contributed by atoms with Crippen LogP contribution in [0.4, 0.5) is 0 Å². The SMILES string of the molecule is CN(CCOCC1CC1)CC1CCCCCC1N. The van der Waals surface area contributed by atoms with Crippen LogP contribution in [0.5, 0.6) is 0 Å². The molecular weight excluding hydrogens is 224 g/mol. The second-order valence-corrected chi connectivity index (χ2v) is 6.34. The first-order valence-corrected chi connectivity index (χ1v) is 7.77. The lowest BCUT2D eigenvalue weighted by atomic mass is 9.95. The second-order valence-electron chi connectivity index (χ2n) is 6.34. The van der Waals surface area contributed by atoms with Crippen LogP contribution in [0, 0.1) is 11.8 Å². The summed E-state index contributed by atoms with van der Waals surface area (Å²) in [5.74, 6) is 1.58. The van der Waals surface area contributed by atoms with E-state index in [-0.39, 0.29) is 0 Å². The molecule has 0 spiro atoms. The lowest BCUT2D eigenvalue weighted by molar-refractivity contribution is 0.0970. The Morgan fingerprint density at radius 1 is 1.11 bits per heavy atom. The van der Waals surface area contributed by atoms with Crippen molar-refractivity contribution in [1.29, 1.82) is 0 Å². The number of hydrogen-bond donors (Lipinski definition) is 1. The number of nitrogens with zero attached hydrogens (tertiary/aromatic N) is 1. The zero-order valence-corrected chi connectivity index (χ0v) is 11.9. The smallest absolute Gasteiger partial charge is 0.0593 e. The molecule has 0 aromatic rings. The van der Waals surface area contributed by atoms with Crippen molar-refractivity contribution in [2.75, 3.05) is 33.4 Å². The molecule has 0 bridgehead atoms. The molecule has 2 fully saturated rings. The molecule has 3 heteroatoms. The van der Waals surface area contributed by atoms with Crippen molar-refractivity contribution in [2.24, 2.45) is 17.6 Å². The Bertz CT molecular complexity index is 231. The summed E-state index contributed by atoms with van der Waals surface area (Å²) in [4.78, 5) is 2.41. The van der Waals surface area contributed by atoms with Gasteiger partial charge in [0.15, 0.2) is 0 Å². The van der Waals surface area contributed by atoms with Gasteiger partial charge in [0.05, 0.1) is 6.61 Å². The van der Waals surface area contributed by atoms with E-state index in [1.807, 2.05) is 0 Å².